The predicted molar refractivity (Wildman–Crippen MR) is 84.6 cm³/mol. The lowest BCUT2D eigenvalue weighted by molar-refractivity contribution is -0.131. The number of likely N-dealkylation sites (N-methyl/N-ethyl adjacent to an activating group) is 1. The van der Waals surface area contributed by atoms with Crippen molar-refractivity contribution in [3.8, 4) is 22.8 Å². The Morgan fingerprint density at radius 2 is 1.87 bits per heavy atom. The van der Waals surface area contributed by atoms with Crippen LogP contribution in [0, 0.1) is 0 Å². The second-order valence-electron chi connectivity index (χ2n) is 5.93. The van der Waals surface area contributed by atoms with E-state index in [2.05, 4.69) is 5.16 Å². The first-order valence-electron chi connectivity index (χ1n) is 7.43. The zero-order chi connectivity index (χ0) is 16.6. The summed E-state index contributed by atoms with van der Waals surface area (Å²) < 4.78 is 16.0. The summed E-state index contributed by atoms with van der Waals surface area (Å²) in [6.45, 7) is 0. The molecule has 23 heavy (non-hydrogen) atoms. The summed E-state index contributed by atoms with van der Waals surface area (Å²) in [5.41, 5.74) is 1.01. The molecule has 0 unspecified atom stereocenters. The maximum absolute atomic E-state index is 12.4. The second-order valence-corrected chi connectivity index (χ2v) is 5.93. The zero-order valence-corrected chi connectivity index (χ0v) is 13.8. The van der Waals surface area contributed by atoms with Crippen molar-refractivity contribution in [2.24, 2.45) is 0 Å². The average Bonchev–Trinajstić information content (AvgIpc) is 3.22. The molecule has 0 atom stereocenters. The van der Waals surface area contributed by atoms with Crippen molar-refractivity contribution in [1.82, 2.24) is 10.1 Å². The van der Waals surface area contributed by atoms with E-state index < -0.39 is 5.41 Å². The van der Waals surface area contributed by atoms with Crippen LogP contribution in [-0.2, 0) is 10.2 Å². The van der Waals surface area contributed by atoms with Gasteiger partial charge in [0, 0.05) is 25.7 Å². The number of methoxy groups -OCH3 is 2. The molecule has 0 spiro atoms. The molecule has 6 heteroatoms. The summed E-state index contributed by atoms with van der Waals surface area (Å²) in [7, 11) is 6.70. The van der Waals surface area contributed by atoms with Gasteiger partial charge in [0.1, 0.15) is 0 Å². The Balaban J connectivity index is 1.93. The van der Waals surface area contributed by atoms with E-state index in [1.807, 2.05) is 24.3 Å². The number of amides is 1. The Morgan fingerprint density at radius 3 is 2.43 bits per heavy atom. The highest BCUT2D eigenvalue weighted by atomic mass is 16.5. The Hall–Kier alpha value is -2.50. The Bertz CT molecular complexity index is 732. The lowest BCUT2D eigenvalue weighted by atomic mass is 10.00. The largest absolute Gasteiger partial charge is 0.493 e. The zero-order valence-electron chi connectivity index (χ0n) is 13.8. The van der Waals surface area contributed by atoms with Crippen LogP contribution in [0.5, 0.6) is 11.5 Å². The summed E-state index contributed by atoms with van der Waals surface area (Å²) in [5.74, 6) is 1.95. The minimum Gasteiger partial charge on any atom is -0.493 e. The second kappa shape index (κ2) is 5.61. The van der Waals surface area contributed by atoms with Crippen LogP contribution in [0.4, 0.5) is 0 Å². The minimum atomic E-state index is -0.512. The summed E-state index contributed by atoms with van der Waals surface area (Å²) in [6.07, 6.45) is 1.61. The molecule has 2 aromatic rings. The third kappa shape index (κ3) is 2.54. The number of aromatic nitrogens is 1. The van der Waals surface area contributed by atoms with Crippen LogP contribution in [0.1, 0.15) is 18.5 Å². The van der Waals surface area contributed by atoms with Crippen LogP contribution in [0.3, 0.4) is 0 Å². The summed E-state index contributed by atoms with van der Waals surface area (Å²) in [6, 6.07) is 7.36. The SMILES string of the molecule is COc1ccc(-c2cc(C3(C(=O)N(C)C)CC3)no2)cc1OC. The van der Waals surface area contributed by atoms with E-state index in [0.717, 1.165) is 18.4 Å². The summed E-state index contributed by atoms with van der Waals surface area (Å²) >= 11 is 0. The monoisotopic (exact) mass is 316 g/mol. The first-order chi connectivity index (χ1) is 11.0. The van der Waals surface area contributed by atoms with Gasteiger partial charge in [-0.1, -0.05) is 5.16 Å². The van der Waals surface area contributed by atoms with Crippen molar-refractivity contribution in [2.75, 3.05) is 28.3 Å². The van der Waals surface area contributed by atoms with Crippen LogP contribution in [0.15, 0.2) is 28.8 Å². The maximum Gasteiger partial charge on any atom is 0.234 e. The van der Waals surface area contributed by atoms with Gasteiger partial charge in [0.2, 0.25) is 5.91 Å². The summed E-state index contributed by atoms with van der Waals surface area (Å²) in [5, 5.41) is 4.13. The topological polar surface area (TPSA) is 64.8 Å². The minimum absolute atomic E-state index is 0.0738. The molecule has 0 bridgehead atoms. The van der Waals surface area contributed by atoms with Gasteiger partial charge in [-0.15, -0.1) is 0 Å². The molecular formula is C17H20N2O4. The lowest BCUT2D eigenvalue weighted by Gasteiger charge is -2.16. The fourth-order valence-corrected chi connectivity index (χ4v) is 2.76. The van der Waals surface area contributed by atoms with Gasteiger partial charge in [-0.05, 0) is 31.0 Å². The molecule has 122 valence electrons. The van der Waals surface area contributed by atoms with Crippen LogP contribution in [0.2, 0.25) is 0 Å². The molecule has 0 N–H and O–H groups in total. The average molecular weight is 316 g/mol. The van der Waals surface area contributed by atoms with E-state index in [0.29, 0.717) is 23.0 Å². The van der Waals surface area contributed by atoms with Crippen LogP contribution >= 0.6 is 0 Å². The molecule has 0 saturated heterocycles. The molecular weight excluding hydrogens is 296 g/mol. The Labute approximate surface area is 135 Å². The molecule has 1 fully saturated rings. The molecule has 1 aromatic heterocycles. The number of ether oxygens (including phenoxy) is 2. The third-order valence-corrected chi connectivity index (χ3v) is 4.23. The van der Waals surface area contributed by atoms with Crippen molar-refractivity contribution in [1.29, 1.82) is 0 Å². The number of carbonyl (C=O) groups excluding carboxylic acids is 1. The van der Waals surface area contributed by atoms with E-state index in [1.54, 1.807) is 33.2 Å². The van der Waals surface area contributed by atoms with Crippen LogP contribution in [-0.4, -0.2) is 44.3 Å². The molecule has 0 radical (unpaired) electrons. The van der Waals surface area contributed by atoms with Gasteiger partial charge in [0.15, 0.2) is 17.3 Å². The van der Waals surface area contributed by atoms with Gasteiger partial charge < -0.3 is 18.9 Å². The molecule has 1 amide bonds. The van der Waals surface area contributed by atoms with Crippen molar-refractivity contribution in [3.05, 3.63) is 30.0 Å². The van der Waals surface area contributed by atoms with E-state index in [4.69, 9.17) is 14.0 Å². The molecule has 1 heterocycles. The molecule has 1 saturated carbocycles. The van der Waals surface area contributed by atoms with Crippen LogP contribution < -0.4 is 9.47 Å². The van der Waals surface area contributed by atoms with E-state index >= 15 is 0 Å². The smallest absolute Gasteiger partial charge is 0.234 e. The third-order valence-electron chi connectivity index (χ3n) is 4.23. The van der Waals surface area contributed by atoms with Gasteiger partial charge in [0.25, 0.3) is 0 Å². The first kappa shape index (κ1) is 15.4. The Kier molecular flexibility index (Phi) is 3.75. The first-order valence-corrected chi connectivity index (χ1v) is 7.43. The molecule has 1 aliphatic carbocycles. The van der Waals surface area contributed by atoms with Gasteiger partial charge in [0.05, 0.1) is 25.3 Å². The summed E-state index contributed by atoms with van der Waals surface area (Å²) in [4.78, 5) is 14.0. The van der Waals surface area contributed by atoms with E-state index in [-0.39, 0.29) is 5.91 Å². The Morgan fingerprint density at radius 1 is 1.17 bits per heavy atom. The highest BCUT2D eigenvalue weighted by Gasteiger charge is 2.54. The van der Waals surface area contributed by atoms with Gasteiger partial charge >= 0.3 is 0 Å². The van der Waals surface area contributed by atoms with Gasteiger partial charge in [-0.3, -0.25) is 4.79 Å². The van der Waals surface area contributed by atoms with E-state index in [1.165, 1.54) is 0 Å². The maximum atomic E-state index is 12.4. The normalized spacial score (nSPS) is 15.1. The highest BCUT2D eigenvalue weighted by molar-refractivity contribution is 5.90. The van der Waals surface area contributed by atoms with Crippen molar-refractivity contribution in [3.63, 3.8) is 0 Å². The molecule has 0 aliphatic heterocycles. The number of carbonyl (C=O) groups is 1. The number of nitrogens with zero attached hydrogens (tertiary/aromatic N) is 2. The number of hydrogen-bond acceptors (Lipinski definition) is 5. The number of hydrogen-bond donors (Lipinski definition) is 0. The lowest BCUT2D eigenvalue weighted by Crippen LogP contribution is -2.33. The quantitative estimate of drug-likeness (QED) is 0.848. The fourth-order valence-electron chi connectivity index (χ4n) is 2.76. The standard InChI is InChI=1S/C17H20N2O4/c1-19(2)16(20)17(7-8-17)15-10-13(23-18-15)11-5-6-12(21-3)14(9-11)22-4/h5-6,9-10H,7-8H2,1-4H3. The predicted octanol–water partition coefficient (Wildman–Crippen LogP) is 2.48. The number of benzene rings is 1. The highest BCUT2D eigenvalue weighted by Crippen LogP contribution is 2.49. The van der Waals surface area contributed by atoms with E-state index in [9.17, 15) is 4.79 Å². The van der Waals surface area contributed by atoms with Crippen molar-refractivity contribution >= 4 is 5.91 Å². The fraction of sp³-hybridized carbons (Fsp3) is 0.412. The van der Waals surface area contributed by atoms with Gasteiger partial charge in [-0.2, -0.15) is 0 Å². The molecule has 3 rings (SSSR count). The van der Waals surface area contributed by atoms with Crippen molar-refractivity contribution < 1.29 is 18.8 Å². The van der Waals surface area contributed by atoms with Gasteiger partial charge in [-0.25, -0.2) is 0 Å². The molecule has 1 aliphatic rings. The van der Waals surface area contributed by atoms with Crippen LogP contribution in [0.25, 0.3) is 11.3 Å². The van der Waals surface area contributed by atoms with Crippen molar-refractivity contribution in [2.45, 2.75) is 18.3 Å². The molecule has 1 aromatic carbocycles. The number of rotatable bonds is 5. The molecule has 6 nitrogen and oxygen atoms in total.